The van der Waals surface area contributed by atoms with Crippen molar-refractivity contribution in [1.82, 2.24) is 10.2 Å². The number of halogens is 1. The van der Waals surface area contributed by atoms with Crippen LogP contribution >= 0.6 is 23.4 Å². The van der Waals surface area contributed by atoms with Crippen molar-refractivity contribution in [2.45, 2.75) is 58.2 Å². The Morgan fingerprint density at radius 3 is 1.64 bits per heavy atom. The third kappa shape index (κ3) is 31.3. The fraction of sp³-hybridized carbons (Fsp3) is 0.485. The topological polar surface area (TPSA) is 280 Å². The number of rotatable bonds is 16. The van der Waals surface area contributed by atoms with Crippen LogP contribution in [0.25, 0.3) is 0 Å². The first-order valence-electron chi connectivity index (χ1n) is 15.5. The zero-order valence-corrected chi connectivity index (χ0v) is 30.6. The molecule has 2 aromatic rings. The van der Waals surface area contributed by atoms with Crippen LogP contribution < -0.4 is 22.5 Å². The van der Waals surface area contributed by atoms with E-state index in [9.17, 15) is 24.0 Å². The number of carbonyl (C=O) groups is 5. The summed E-state index contributed by atoms with van der Waals surface area (Å²) in [5.41, 5.74) is 16.8. The monoisotopic (exact) mass is 747 g/mol. The van der Waals surface area contributed by atoms with Crippen molar-refractivity contribution >= 4 is 53.1 Å². The van der Waals surface area contributed by atoms with Gasteiger partial charge in [0.05, 0.1) is 6.54 Å². The predicted octanol–water partition coefficient (Wildman–Crippen LogP) is 1.91. The number of amides is 1. The molecule has 284 valence electrons. The number of alkyl halides is 1. The van der Waals surface area contributed by atoms with Crippen LogP contribution in [0.5, 0.6) is 5.75 Å². The lowest BCUT2D eigenvalue weighted by Gasteiger charge is -2.14. The van der Waals surface area contributed by atoms with Gasteiger partial charge in [-0.05, 0) is 61.2 Å². The van der Waals surface area contributed by atoms with E-state index in [0.29, 0.717) is 12.8 Å². The molecule has 0 aromatic heterocycles. The van der Waals surface area contributed by atoms with Gasteiger partial charge in [0.25, 0.3) is 0 Å². The largest absolute Gasteiger partial charge is 0.508 e. The molecule has 2 rings (SSSR count). The van der Waals surface area contributed by atoms with E-state index in [0.717, 1.165) is 42.4 Å². The van der Waals surface area contributed by atoms with Gasteiger partial charge in [0.2, 0.25) is 5.91 Å². The third-order valence-electron chi connectivity index (χ3n) is 6.09. The van der Waals surface area contributed by atoms with Crippen molar-refractivity contribution in [3.05, 3.63) is 65.7 Å². The summed E-state index contributed by atoms with van der Waals surface area (Å²) >= 11 is 7.12. The normalized spacial score (nSPS) is 11.5. The highest BCUT2D eigenvalue weighted by Crippen LogP contribution is 2.11. The van der Waals surface area contributed by atoms with Gasteiger partial charge in [-0.25, -0.2) is 4.79 Å². The van der Waals surface area contributed by atoms with E-state index < -0.39 is 42.0 Å². The fourth-order valence-corrected chi connectivity index (χ4v) is 4.02. The lowest BCUT2D eigenvalue weighted by Crippen LogP contribution is -2.41. The lowest BCUT2D eigenvalue weighted by atomic mass is 10.1. The van der Waals surface area contributed by atoms with Crippen molar-refractivity contribution < 1.29 is 49.5 Å². The Hall–Kier alpha value is -3.93. The molecule has 1 amide bonds. The molecule has 0 aliphatic heterocycles. The maximum absolute atomic E-state index is 10.8. The van der Waals surface area contributed by atoms with Crippen LogP contribution in [0.2, 0.25) is 0 Å². The minimum Gasteiger partial charge on any atom is -0.508 e. The average molecular weight is 748 g/mol. The highest BCUT2D eigenvalue weighted by molar-refractivity contribution is 7.98. The number of carboxylic acid groups (broad SMARTS) is 4. The fourth-order valence-electron chi connectivity index (χ4n) is 3.30. The lowest BCUT2D eigenvalue weighted by molar-refractivity contribution is -0.141. The van der Waals surface area contributed by atoms with Gasteiger partial charge in [0.15, 0.2) is 0 Å². The Labute approximate surface area is 303 Å². The first-order chi connectivity index (χ1) is 23.5. The number of phenolic OH excluding ortho intramolecular Hbond substituents is 1. The van der Waals surface area contributed by atoms with Gasteiger partial charge in [-0.1, -0.05) is 56.3 Å². The summed E-state index contributed by atoms with van der Waals surface area (Å²) in [7, 11) is 0. The standard InChI is InChI=1S/C11H13NO4.C9H11NO2.C6H14ClN.C5H11NO2S.C2H5NO2/c1-7(13)12-10(11(15)16)6-8-2-4-9(14)5-3-8;10-8(9(11)12)6-7-4-2-1-3-5-7;1-3-8(4-2)6-5-7;1-9-3-2-4(6)5(7)8;3-1-2(4)5/h2-5,10,14H,6H2,1H3,(H,12,13)(H,15,16);1-5,8H,6,10H2,(H,11,12);3-6H2,1-2H3;4H,2-3,6H2,1H3,(H,7,8);1,3H2,(H,4,5). The number of aliphatic carboxylic acids is 4. The number of carboxylic acids is 4. The van der Waals surface area contributed by atoms with Crippen molar-refractivity contribution in [2.24, 2.45) is 17.2 Å². The quantitative estimate of drug-likeness (QED) is 0.111. The SMILES string of the molecule is CC(=O)NC(Cc1ccc(O)cc1)C(=O)O.CCN(CC)CCCl.CSCCC(N)C(=O)O.NC(Cc1ccccc1)C(=O)O.NCC(=O)O. The second kappa shape index (κ2) is 32.3. The molecule has 0 aliphatic rings. The summed E-state index contributed by atoms with van der Waals surface area (Å²) in [5.74, 6) is -2.62. The third-order valence-corrected chi connectivity index (χ3v) is 6.90. The van der Waals surface area contributed by atoms with Gasteiger partial charge in [-0.15, -0.1) is 11.6 Å². The molecule has 0 saturated carbocycles. The van der Waals surface area contributed by atoms with E-state index in [1.54, 1.807) is 23.9 Å². The van der Waals surface area contributed by atoms with Gasteiger partial charge in [-0.2, -0.15) is 11.8 Å². The second-order valence-corrected chi connectivity index (χ2v) is 11.5. The molecule has 17 heteroatoms. The van der Waals surface area contributed by atoms with Gasteiger partial charge < -0.3 is 53.0 Å². The van der Waals surface area contributed by atoms with Crippen molar-refractivity contribution in [3.63, 3.8) is 0 Å². The van der Waals surface area contributed by atoms with Crippen molar-refractivity contribution in [1.29, 1.82) is 0 Å². The first-order valence-corrected chi connectivity index (χ1v) is 17.4. The summed E-state index contributed by atoms with van der Waals surface area (Å²) in [4.78, 5) is 53.6. The van der Waals surface area contributed by atoms with E-state index in [2.05, 4.69) is 29.8 Å². The molecule has 15 nitrogen and oxygen atoms in total. The molecule has 3 unspecified atom stereocenters. The maximum atomic E-state index is 10.8. The summed E-state index contributed by atoms with van der Waals surface area (Å²) in [6.07, 6.45) is 3.05. The second-order valence-electron chi connectivity index (χ2n) is 10.1. The molecule has 0 heterocycles. The molecular formula is C33H54ClN5O10S. The number of hydrogen-bond acceptors (Lipinski definition) is 11. The number of nitrogens with two attached hydrogens (primary N) is 3. The molecule has 12 N–H and O–H groups in total. The van der Waals surface area contributed by atoms with E-state index >= 15 is 0 Å². The van der Waals surface area contributed by atoms with Crippen molar-refractivity contribution in [2.75, 3.05) is 44.1 Å². The highest BCUT2D eigenvalue weighted by atomic mass is 35.5. The number of thioether (sulfide) groups is 1. The van der Waals surface area contributed by atoms with Crippen LogP contribution in [0.1, 0.15) is 38.3 Å². The molecule has 50 heavy (non-hydrogen) atoms. The smallest absolute Gasteiger partial charge is 0.326 e. The van der Waals surface area contributed by atoms with Gasteiger partial charge in [0, 0.05) is 25.8 Å². The molecular weight excluding hydrogens is 694 g/mol. The molecule has 0 saturated heterocycles. The van der Waals surface area contributed by atoms with Crippen LogP contribution in [0.4, 0.5) is 0 Å². The molecule has 0 bridgehead atoms. The van der Waals surface area contributed by atoms with Gasteiger partial charge >= 0.3 is 23.9 Å². The van der Waals surface area contributed by atoms with Crippen LogP contribution in [-0.4, -0.2) is 122 Å². The number of benzene rings is 2. The first kappa shape index (κ1) is 50.4. The maximum Gasteiger partial charge on any atom is 0.326 e. The van der Waals surface area contributed by atoms with Crippen LogP contribution in [0.3, 0.4) is 0 Å². The number of nitrogens with zero attached hydrogens (tertiary/aromatic N) is 1. The van der Waals surface area contributed by atoms with Crippen molar-refractivity contribution in [3.8, 4) is 5.75 Å². The molecule has 0 spiro atoms. The van der Waals surface area contributed by atoms with Crippen LogP contribution in [0.15, 0.2) is 54.6 Å². The Morgan fingerprint density at radius 2 is 1.30 bits per heavy atom. The molecule has 3 atom stereocenters. The Bertz CT molecular complexity index is 1210. The van der Waals surface area contributed by atoms with E-state index in [-0.39, 0.29) is 24.6 Å². The number of nitrogens with one attached hydrogen (secondary N) is 1. The Kier molecular flexibility index (Phi) is 32.6. The summed E-state index contributed by atoms with van der Waals surface area (Å²) < 4.78 is 0. The number of aromatic hydroxyl groups is 1. The minimum absolute atomic E-state index is 0.121. The molecule has 0 aliphatic carbocycles. The van der Waals surface area contributed by atoms with Gasteiger partial charge in [0.1, 0.15) is 23.9 Å². The number of carbonyl (C=O) groups excluding carboxylic acids is 1. The van der Waals surface area contributed by atoms with Crippen LogP contribution in [-0.2, 0) is 36.8 Å². The van der Waals surface area contributed by atoms with E-state index in [1.807, 2.05) is 36.6 Å². The number of hydrogen-bond donors (Lipinski definition) is 9. The summed E-state index contributed by atoms with van der Waals surface area (Å²) in [6.45, 7) is 8.54. The van der Waals surface area contributed by atoms with E-state index in [4.69, 9.17) is 48.6 Å². The van der Waals surface area contributed by atoms with Crippen LogP contribution in [0, 0.1) is 0 Å². The zero-order chi connectivity index (χ0) is 39.1. The predicted molar refractivity (Wildman–Crippen MR) is 197 cm³/mol. The average Bonchev–Trinajstić information content (AvgIpc) is 3.08. The van der Waals surface area contributed by atoms with Gasteiger partial charge in [-0.3, -0.25) is 19.2 Å². The molecule has 0 radical (unpaired) electrons. The molecule has 0 fully saturated rings. The summed E-state index contributed by atoms with van der Waals surface area (Å²) in [5, 5.41) is 44.7. The Balaban J connectivity index is -0.000000581. The highest BCUT2D eigenvalue weighted by Gasteiger charge is 2.18. The summed E-state index contributed by atoms with van der Waals surface area (Å²) in [6, 6.07) is 13.1. The van der Waals surface area contributed by atoms with E-state index in [1.165, 1.54) is 19.1 Å². The Morgan fingerprint density at radius 1 is 0.820 bits per heavy atom. The number of phenols is 1. The minimum atomic E-state index is -1.08. The molecule has 2 aromatic carbocycles. The zero-order valence-electron chi connectivity index (χ0n) is 29.0.